The van der Waals surface area contributed by atoms with Gasteiger partial charge in [-0.25, -0.2) is 23.3 Å². The fourth-order valence-corrected chi connectivity index (χ4v) is 9.59. The van der Waals surface area contributed by atoms with Crippen molar-refractivity contribution in [1.29, 1.82) is 0 Å². The number of amides is 3. The first-order valence-electron chi connectivity index (χ1n) is 22.4. The molecule has 64 heavy (non-hydrogen) atoms. The quantitative estimate of drug-likeness (QED) is 0.103. The number of ether oxygens (including phenoxy) is 2. The second kappa shape index (κ2) is 19.1. The molecule has 4 aliphatic rings. The third kappa shape index (κ3) is 9.35. The largest absolute Gasteiger partial charge is 0.384 e. The molecule has 20 heteroatoms. The Bertz CT molecular complexity index is 2560. The number of alkyl halides is 2. The van der Waals surface area contributed by atoms with E-state index in [1.54, 1.807) is 23.9 Å². The number of aryl methyl sites for hydroxylation is 1. The first-order valence-corrected chi connectivity index (χ1v) is 22.4. The predicted molar refractivity (Wildman–Crippen MR) is 233 cm³/mol. The lowest BCUT2D eigenvalue weighted by Gasteiger charge is -2.36. The van der Waals surface area contributed by atoms with E-state index in [0.29, 0.717) is 79.3 Å². The third-order valence-electron chi connectivity index (χ3n) is 13.0. The molecule has 0 spiro atoms. The molecule has 4 fully saturated rings. The molecule has 1 saturated carbocycles. The normalized spacial score (nSPS) is 21.5. The van der Waals surface area contributed by atoms with Gasteiger partial charge in [0.05, 0.1) is 48.1 Å². The van der Waals surface area contributed by atoms with Gasteiger partial charge in [-0.05, 0) is 82.4 Å². The summed E-state index contributed by atoms with van der Waals surface area (Å²) in [5.74, 6) is 0.206. The Morgan fingerprint density at radius 2 is 1.78 bits per heavy atom. The van der Waals surface area contributed by atoms with Gasteiger partial charge in [0.1, 0.15) is 23.2 Å². The van der Waals surface area contributed by atoms with Crippen molar-refractivity contribution in [2.24, 2.45) is 5.92 Å². The summed E-state index contributed by atoms with van der Waals surface area (Å²) >= 11 is 0. The summed E-state index contributed by atoms with van der Waals surface area (Å²) in [6.45, 7) is 8.25. The third-order valence-corrected chi connectivity index (χ3v) is 13.0. The molecular formula is C44H54F2N12O6. The van der Waals surface area contributed by atoms with Gasteiger partial charge in [0.25, 0.3) is 17.9 Å². The van der Waals surface area contributed by atoms with Crippen LogP contribution in [0.4, 0.5) is 26.0 Å². The molecule has 4 aromatic heterocycles. The number of anilines is 3. The van der Waals surface area contributed by atoms with Crippen molar-refractivity contribution in [2.75, 3.05) is 74.6 Å². The Hall–Kier alpha value is -5.86. The highest BCUT2D eigenvalue weighted by Crippen LogP contribution is 2.36. The van der Waals surface area contributed by atoms with E-state index >= 15 is 0 Å². The van der Waals surface area contributed by atoms with Gasteiger partial charge in [-0.1, -0.05) is 6.07 Å². The summed E-state index contributed by atoms with van der Waals surface area (Å²) in [6, 6.07) is 6.46. The van der Waals surface area contributed by atoms with Crippen molar-refractivity contribution in [3.63, 3.8) is 0 Å². The summed E-state index contributed by atoms with van der Waals surface area (Å²) < 4.78 is 44.7. The predicted octanol–water partition coefficient (Wildman–Crippen LogP) is 4.66. The molecular weight excluding hydrogens is 831 g/mol. The van der Waals surface area contributed by atoms with Gasteiger partial charge >= 0.3 is 0 Å². The summed E-state index contributed by atoms with van der Waals surface area (Å²) in [6.07, 6.45) is 8.53. The minimum atomic E-state index is -2.86. The van der Waals surface area contributed by atoms with Gasteiger partial charge in [0.15, 0.2) is 11.3 Å². The maximum absolute atomic E-state index is 14.3. The molecule has 1 aliphatic carbocycles. The van der Waals surface area contributed by atoms with Gasteiger partial charge in [-0.15, -0.1) is 0 Å². The second-order valence-electron chi connectivity index (χ2n) is 17.2. The van der Waals surface area contributed by atoms with Crippen molar-refractivity contribution in [1.82, 2.24) is 44.1 Å². The van der Waals surface area contributed by atoms with Gasteiger partial charge in [0, 0.05) is 70.4 Å². The van der Waals surface area contributed by atoms with Crippen LogP contribution in [0.3, 0.4) is 0 Å². The molecule has 5 aromatic rings. The molecule has 0 radical (unpaired) electrons. The van der Waals surface area contributed by atoms with Crippen molar-refractivity contribution < 1.29 is 32.6 Å². The summed E-state index contributed by atoms with van der Waals surface area (Å²) in [4.78, 5) is 65.4. The second-order valence-corrected chi connectivity index (χ2v) is 17.2. The zero-order valence-corrected chi connectivity index (χ0v) is 35.9. The molecule has 9 rings (SSSR count). The lowest BCUT2D eigenvalue weighted by molar-refractivity contribution is -0.135. The number of piperidine rings is 2. The highest BCUT2D eigenvalue weighted by molar-refractivity contribution is 6.08. The monoisotopic (exact) mass is 884 g/mol. The number of morpholine rings is 1. The number of benzene rings is 1. The molecule has 3 saturated heterocycles. The Morgan fingerprint density at radius 1 is 0.984 bits per heavy atom. The Morgan fingerprint density at radius 3 is 2.55 bits per heavy atom. The number of nitrogens with one attached hydrogen (secondary N) is 3. The molecule has 340 valence electrons. The fraction of sp³-hybridized carbons (Fsp3) is 0.545. The summed E-state index contributed by atoms with van der Waals surface area (Å²) in [7, 11) is 0. The highest BCUT2D eigenvalue weighted by atomic mass is 19.3. The first kappa shape index (κ1) is 43.4. The zero-order chi connectivity index (χ0) is 44.3. The van der Waals surface area contributed by atoms with E-state index in [0.717, 1.165) is 64.6 Å². The first-order chi connectivity index (χ1) is 31.1. The van der Waals surface area contributed by atoms with Gasteiger partial charge in [0.2, 0.25) is 11.8 Å². The van der Waals surface area contributed by atoms with Crippen LogP contribution in [-0.4, -0.2) is 122 Å². The number of nitrogens with zero attached hydrogens (tertiary/aromatic N) is 9. The van der Waals surface area contributed by atoms with E-state index in [1.165, 1.54) is 21.5 Å². The lowest BCUT2D eigenvalue weighted by Crippen LogP contribution is -2.45. The van der Waals surface area contributed by atoms with Crippen LogP contribution in [0.25, 0.3) is 16.6 Å². The Kier molecular flexibility index (Phi) is 12.9. The molecule has 1 unspecified atom stereocenters. The van der Waals surface area contributed by atoms with Crippen LogP contribution >= 0.6 is 0 Å². The zero-order valence-electron chi connectivity index (χ0n) is 35.9. The number of imide groups is 1. The van der Waals surface area contributed by atoms with E-state index in [4.69, 9.17) is 9.47 Å². The standard InChI is InChI=1S/C44H54F2N12O6/c1-27-49-33-5-2-4-32(38(33)44(62)58(27)35-10-11-37(59)52-43(35)61)47-15-3-21-64-30-12-16-54(17-13-30)25-28-6-8-29(9-7-28)57-26-34(39(53-57)40(45)46)50-42(60)31-24-48-56-18-14-36(51-41(31)56)55-19-22-63-23-20-55/h2,4-5,14,18,24,26,28-30,35,40,47H,3,6-13,15-17,19-23,25H2,1H3,(H,50,60)(H,52,59,61). The number of carbonyl (C=O) groups excluding carboxylic acids is 3. The lowest BCUT2D eigenvalue weighted by atomic mass is 9.85. The molecule has 3 aliphatic heterocycles. The van der Waals surface area contributed by atoms with Crippen LogP contribution in [0.5, 0.6) is 0 Å². The van der Waals surface area contributed by atoms with Crippen LogP contribution in [0, 0.1) is 12.8 Å². The molecule has 1 atom stereocenters. The van der Waals surface area contributed by atoms with Crippen LogP contribution < -0.4 is 26.4 Å². The maximum Gasteiger partial charge on any atom is 0.284 e. The maximum atomic E-state index is 14.3. The van der Waals surface area contributed by atoms with Crippen LogP contribution in [0.2, 0.25) is 0 Å². The minimum absolute atomic E-state index is 0.0104. The molecule has 7 heterocycles. The number of likely N-dealkylation sites (tertiary alicyclic amines) is 1. The molecule has 3 N–H and O–H groups in total. The number of rotatable bonds is 14. The van der Waals surface area contributed by atoms with E-state index < -0.39 is 30.0 Å². The van der Waals surface area contributed by atoms with Crippen molar-refractivity contribution in [3.8, 4) is 0 Å². The van der Waals surface area contributed by atoms with E-state index in [2.05, 4.69) is 45.9 Å². The summed E-state index contributed by atoms with van der Waals surface area (Å²) in [5.41, 5.74) is 0.934. The van der Waals surface area contributed by atoms with Crippen molar-refractivity contribution in [3.05, 3.63) is 70.3 Å². The Balaban J connectivity index is 0.716. The minimum Gasteiger partial charge on any atom is -0.384 e. The van der Waals surface area contributed by atoms with Crippen molar-refractivity contribution in [2.45, 2.75) is 89.3 Å². The molecule has 3 amide bonds. The molecule has 0 bridgehead atoms. The smallest absolute Gasteiger partial charge is 0.284 e. The van der Waals surface area contributed by atoms with Crippen LogP contribution in [0.1, 0.15) is 98.2 Å². The number of hydrogen-bond donors (Lipinski definition) is 3. The average Bonchev–Trinajstić information content (AvgIpc) is 3.93. The van der Waals surface area contributed by atoms with Gasteiger partial charge in [-0.3, -0.25) is 33.7 Å². The number of fused-ring (bicyclic) bond motifs is 2. The van der Waals surface area contributed by atoms with Crippen LogP contribution in [0.15, 0.2) is 47.7 Å². The van der Waals surface area contributed by atoms with Crippen LogP contribution in [-0.2, 0) is 19.1 Å². The Labute approximate surface area is 367 Å². The highest BCUT2D eigenvalue weighted by Gasteiger charge is 2.32. The molecule has 1 aromatic carbocycles. The number of aromatic nitrogens is 7. The fourth-order valence-electron chi connectivity index (χ4n) is 9.59. The van der Waals surface area contributed by atoms with Crippen molar-refractivity contribution >= 4 is 51.5 Å². The average molecular weight is 885 g/mol. The van der Waals surface area contributed by atoms with Gasteiger partial charge in [-0.2, -0.15) is 10.2 Å². The SMILES string of the molecule is Cc1nc2cccc(NCCCOC3CCN(CC4CCC(n5cc(NC(=O)c6cnn7ccc(N8CCOCC8)nc67)c(C(F)F)n5)CC4)CC3)c2c(=O)n1C1CCC(=O)NC1=O. The molecule has 18 nitrogen and oxygen atoms in total. The van der Waals surface area contributed by atoms with E-state index in [9.17, 15) is 28.0 Å². The number of hydrogen-bond acceptors (Lipinski definition) is 13. The summed E-state index contributed by atoms with van der Waals surface area (Å²) in [5, 5.41) is 17.3. The number of carbonyl (C=O) groups is 3. The topological polar surface area (TPSA) is 195 Å². The van der Waals surface area contributed by atoms with Gasteiger partial charge < -0.3 is 29.9 Å². The number of halogens is 2. The van der Waals surface area contributed by atoms with E-state index in [-0.39, 0.29) is 47.7 Å². The van der Waals surface area contributed by atoms with E-state index in [1.807, 2.05) is 18.2 Å².